The molecule has 1 spiro atoms. The van der Waals surface area contributed by atoms with Gasteiger partial charge in [0, 0.05) is 25.7 Å². The van der Waals surface area contributed by atoms with E-state index in [1.165, 1.54) is 24.8 Å². The topological polar surface area (TPSA) is 53.6 Å². The predicted octanol–water partition coefficient (Wildman–Crippen LogP) is 1.99. The first-order valence-electron chi connectivity index (χ1n) is 9.60. The van der Waals surface area contributed by atoms with Crippen LogP contribution in [0.3, 0.4) is 0 Å². The molecule has 0 radical (unpaired) electrons. The summed E-state index contributed by atoms with van der Waals surface area (Å²) in [6.07, 6.45) is 6.12. The summed E-state index contributed by atoms with van der Waals surface area (Å²) in [4.78, 5) is 15.1. The normalized spacial score (nSPS) is 27.5. The number of thiophene rings is 1. The lowest BCUT2D eigenvalue weighted by Crippen LogP contribution is -2.43. The van der Waals surface area contributed by atoms with Gasteiger partial charge < -0.3 is 20.3 Å². The van der Waals surface area contributed by atoms with Crippen molar-refractivity contribution in [1.82, 2.24) is 15.5 Å². The van der Waals surface area contributed by atoms with E-state index in [1.807, 2.05) is 0 Å². The van der Waals surface area contributed by atoms with Gasteiger partial charge in [0.25, 0.3) is 0 Å². The number of nitrogens with zero attached hydrogens (tertiary/aromatic N) is 1. The SMILES string of the molecule is O=C(CNC[C@H]1CCCO1)N(Cc1ccsc1)[C@H]1CC12CCNCC2. The quantitative estimate of drug-likeness (QED) is 0.778. The Labute approximate surface area is 154 Å². The van der Waals surface area contributed by atoms with E-state index in [2.05, 4.69) is 32.4 Å². The first kappa shape index (κ1) is 17.5. The van der Waals surface area contributed by atoms with Gasteiger partial charge in [-0.2, -0.15) is 11.3 Å². The second kappa shape index (κ2) is 7.74. The fourth-order valence-corrected chi connectivity index (χ4v) is 5.09. The molecule has 0 bridgehead atoms. The third kappa shape index (κ3) is 4.08. The third-order valence-corrected chi connectivity index (χ3v) is 6.78. The Morgan fingerprint density at radius 3 is 3.04 bits per heavy atom. The van der Waals surface area contributed by atoms with Crippen molar-refractivity contribution in [1.29, 1.82) is 0 Å². The van der Waals surface area contributed by atoms with Crippen LogP contribution in [0.5, 0.6) is 0 Å². The van der Waals surface area contributed by atoms with Gasteiger partial charge in [-0.25, -0.2) is 0 Å². The molecule has 3 aliphatic rings. The molecule has 25 heavy (non-hydrogen) atoms. The van der Waals surface area contributed by atoms with Crippen molar-refractivity contribution in [3.8, 4) is 0 Å². The zero-order valence-electron chi connectivity index (χ0n) is 14.8. The Morgan fingerprint density at radius 2 is 2.32 bits per heavy atom. The number of amides is 1. The molecule has 1 aromatic heterocycles. The van der Waals surface area contributed by atoms with Gasteiger partial charge in [-0.05, 0) is 73.0 Å². The molecular formula is C19H29N3O2S. The van der Waals surface area contributed by atoms with E-state index in [4.69, 9.17) is 4.74 Å². The van der Waals surface area contributed by atoms with Gasteiger partial charge in [0.15, 0.2) is 0 Å². The van der Waals surface area contributed by atoms with E-state index in [1.54, 1.807) is 11.3 Å². The van der Waals surface area contributed by atoms with Crippen LogP contribution in [0.4, 0.5) is 0 Å². The predicted molar refractivity (Wildman–Crippen MR) is 99.7 cm³/mol. The molecule has 2 N–H and O–H groups in total. The number of rotatable bonds is 7. The summed E-state index contributed by atoms with van der Waals surface area (Å²) in [7, 11) is 0. The maximum atomic E-state index is 13.0. The van der Waals surface area contributed by atoms with Gasteiger partial charge in [0.05, 0.1) is 12.6 Å². The van der Waals surface area contributed by atoms with Crippen molar-refractivity contribution >= 4 is 17.2 Å². The average Bonchev–Trinajstić information content (AvgIpc) is 3.07. The van der Waals surface area contributed by atoms with Crippen LogP contribution >= 0.6 is 11.3 Å². The number of ether oxygens (including phenoxy) is 1. The summed E-state index contributed by atoms with van der Waals surface area (Å²) in [5, 5.41) is 11.0. The van der Waals surface area contributed by atoms with Crippen molar-refractivity contribution in [3.63, 3.8) is 0 Å². The lowest BCUT2D eigenvalue weighted by Gasteiger charge is -2.30. The van der Waals surface area contributed by atoms with Crippen molar-refractivity contribution in [2.45, 2.75) is 50.8 Å². The fourth-order valence-electron chi connectivity index (χ4n) is 4.43. The van der Waals surface area contributed by atoms with E-state index < -0.39 is 0 Å². The Bertz CT molecular complexity index is 565. The van der Waals surface area contributed by atoms with Gasteiger partial charge in [-0.3, -0.25) is 4.79 Å². The largest absolute Gasteiger partial charge is 0.377 e. The molecule has 2 aliphatic heterocycles. The molecule has 2 atom stereocenters. The zero-order chi connectivity index (χ0) is 17.1. The highest BCUT2D eigenvalue weighted by Gasteiger charge is 2.57. The number of hydrogen-bond donors (Lipinski definition) is 2. The summed E-state index contributed by atoms with van der Waals surface area (Å²) in [5.74, 6) is 0.240. The second-order valence-corrected chi connectivity index (χ2v) is 8.53. The van der Waals surface area contributed by atoms with Crippen molar-refractivity contribution in [2.75, 3.05) is 32.8 Å². The maximum absolute atomic E-state index is 13.0. The van der Waals surface area contributed by atoms with Crippen LogP contribution in [0.1, 0.15) is 37.7 Å². The van der Waals surface area contributed by atoms with Crippen LogP contribution in [-0.2, 0) is 16.1 Å². The Kier molecular flexibility index (Phi) is 5.41. The molecule has 6 heteroatoms. The smallest absolute Gasteiger partial charge is 0.237 e. The van der Waals surface area contributed by atoms with Gasteiger partial charge in [0.2, 0.25) is 5.91 Å². The minimum Gasteiger partial charge on any atom is -0.377 e. The van der Waals surface area contributed by atoms with Gasteiger partial charge in [-0.1, -0.05) is 0 Å². The van der Waals surface area contributed by atoms with Crippen molar-refractivity contribution in [3.05, 3.63) is 22.4 Å². The summed E-state index contributed by atoms with van der Waals surface area (Å²) in [5.41, 5.74) is 1.64. The maximum Gasteiger partial charge on any atom is 0.237 e. The highest BCUT2D eigenvalue weighted by molar-refractivity contribution is 7.07. The summed E-state index contributed by atoms with van der Waals surface area (Å²) in [6, 6.07) is 2.56. The molecule has 1 aliphatic carbocycles. The molecule has 3 fully saturated rings. The molecule has 1 saturated carbocycles. The zero-order valence-corrected chi connectivity index (χ0v) is 15.7. The fraction of sp³-hybridized carbons (Fsp3) is 0.737. The average molecular weight is 364 g/mol. The summed E-state index contributed by atoms with van der Waals surface area (Å²) in [6.45, 7) is 5.02. The molecule has 5 nitrogen and oxygen atoms in total. The molecule has 4 rings (SSSR count). The van der Waals surface area contributed by atoms with E-state index in [0.29, 0.717) is 18.0 Å². The Balaban J connectivity index is 1.35. The van der Waals surface area contributed by atoms with E-state index in [0.717, 1.165) is 45.6 Å². The number of piperidine rings is 1. The summed E-state index contributed by atoms with van der Waals surface area (Å²) < 4.78 is 5.64. The van der Waals surface area contributed by atoms with Crippen LogP contribution in [0.2, 0.25) is 0 Å². The van der Waals surface area contributed by atoms with Gasteiger partial charge in [0.1, 0.15) is 0 Å². The molecule has 3 heterocycles. The number of hydrogen-bond acceptors (Lipinski definition) is 5. The monoisotopic (exact) mass is 363 g/mol. The van der Waals surface area contributed by atoms with Crippen molar-refractivity contribution < 1.29 is 9.53 Å². The molecule has 1 aromatic rings. The first-order valence-corrected chi connectivity index (χ1v) is 10.5. The van der Waals surface area contributed by atoms with Crippen molar-refractivity contribution in [2.24, 2.45) is 5.41 Å². The van der Waals surface area contributed by atoms with Crippen LogP contribution in [0, 0.1) is 5.41 Å². The van der Waals surface area contributed by atoms with E-state index in [-0.39, 0.29) is 12.0 Å². The number of carbonyl (C=O) groups excluding carboxylic acids is 1. The first-order chi connectivity index (χ1) is 12.3. The lowest BCUT2D eigenvalue weighted by atomic mass is 9.93. The minimum absolute atomic E-state index is 0.240. The highest BCUT2D eigenvalue weighted by Crippen LogP contribution is 2.56. The summed E-state index contributed by atoms with van der Waals surface area (Å²) >= 11 is 1.71. The van der Waals surface area contributed by atoms with Crippen LogP contribution in [0.15, 0.2) is 16.8 Å². The molecule has 138 valence electrons. The molecule has 0 unspecified atom stereocenters. The van der Waals surface area contributed by atoms with E-state index >= 15 is 0 Å². The lowest BCUT2D eigenvalue weighted by molar-refractivity contribution is -0.132. The molecular weight excluding hydrogens is 334 g/mol. The Morgan fingerprint density at radius 1 is 1.44 bits per heavy atom. The molecule has 1 amide bonds. The number of nitrogens with one attached hydrogen (secondary N) is 2. The molecule has 0 aromatic carbocycles. The minimum atomic E-state index is 0.240. The second-order valence-electron chi connectivity index (χ2n) is 7.75. The Hall–Kier alpha value is -0.950. The van der Waals surface area contributed by atoms with Crippen LogP contribution in [0.25, 0.3) is 0 Å². The van der Waals surface area contributed by atoms with Gasteiger partial charge in [-0.15, -0.1) is 0 Å². The van der Waals surface area contributed by atoms with Gasteiger partial charge >= 0.3 is 0 Å². The highest BCUT2D eigenvalue weighted by atomic mass is 32.1. The van der Waals surface area contributed by atoms with Crippen LogP contribution in [-0.4, -0.2) is 55.7 Å². The van der Waals surface area contributed by atoms with E-state index in [9.17, 15) is 4.79 Å². The molecule has 2 saturated heterocycles. The standard InChI is InChI=1S/C19H29N3O2S/c23-18(12-21-11-16-2-1-8-24-16)22(13-15-3-9-25-14-15)17-10-19(17)4-6-20-7-5-19/h3,9,14,16-17,20-21H,1-2,4-8,10-13H2/t16-,17+/m1/s1. The number of carbonyl (C=O) groups is 1. The third-order valence-electron chi connectivity index (χ3n) is 6.05. The van der Waals surface area contributed by atoms with Crippen LogP contribution < -0.4 is 10.6 Å².